The van der Waals surface area contributed by atoms with Crippen LogP contribution in [0, 0.1) is 6.92 Å². The van der Waals surface area contributed by atoms with Crippen molar-refractivity contribution < 1.29 is 9.59 Å². The molecule has 0 saturated heterocycles. The zero-order chi connectivity index (χ0) is 13.9. The lowest BCUT2D eigenvalue weighted by molar-refractivity contribution is -0.123. The first-order chi connectivity index (χ1) is 9.01. The first-order valence-electron chi connectivity index (χ1n) is 6.43. The van der Waals surface area contributed by atoms with Crippen molar-refractivity contribution in [1.29, 1.82) is 0 Å². The van der Waals surface area contributed by atoms with E-state index in [0.29, 0.717) is 18.7 Å². The van der Waals surface area contributed by atoms with E-state index in [-0.39, 0.29) is 11.8 Å². The van der Waals surface area contributed by atoms with Crippen LogP contribution >= 0.6 is 0 Å². The van der Waals surface area contributed by atoms with Crippen molar-refractivity contribution in [2.24, 2.45) is 5.73 Å². The van der Waals surface area contributed by atoms with Gasteiger partial charge in [-0.3, -0.25) is 9.59 Å². The first kappa shape index (κ1) is 13.5. The largest absolute Gasteiger partial charge is 0.353 e. The molecule has 0 heterocycles. The Labute approximate surface area is 112 Å². The predicted octanol–water partition coefficient (Wildman–Crippen LogP) is 0.332. The normalized spacial score (nSPS) is 15.7. The van der Waals surface area contributed by atoms with Gasteiger partial charge in [-0.1, -0.05) is 17.7 Å². The van der Waals surface area contributed by atoms with Crippen LogP contribution in [0.3, 0.4) is 0 Å². The van der Waals surface area contributed by atoms with Crippen LogP contribution in [0.1, 0.15) is 28.8 Å². The van der Waals surface area contributed by atoms with E-state index in [1.807, 2.05) is 19.1 Å². The summed E-state index contributed by atoms with van der Waals surface area (Å²) in [6.07, 6.45) is 1.49. The average molecular weight is 261 g/mol. The van der Waals surface area contributed by atoms with Gasteiger partial charge in [0.15, 0.2) is 0 Å². The maximum atomic E-state index is 11.8. The Morgan fingerprint density at radius 2 is 1.74 bits per heavy atom. The average Bonchev–Trinajstić information content (AvgIpc) is 3.14. The van der Waals surface area contributed by atoms with Gasteiger partial charge >= 0.3 is 0 Å². The fourth-order valence-electron chi connectivity index (χ4n) is 1.70. The lowest BCUT2D eigenvalue weighted by Gasteiger charge is -2.10. The highest BCUT2D eigenvalue weighted by molar-refractivity contribution is 5.94. The van der Waals surface area contributed by atoms with Crippen LogP contribution in [-0.2, 0) is 4.79 Å². The Bertz CT molecular complexity index is 478. The summed E-state index contributed by atoms with van der Waals surface area (Å²) in [7, 11) is 0. The van der Waals surface area contributed by atoms with Crippen LogP contribution in [0.5, 0.6) is 0 Å². The van der Waals surface area contributed by atoms with E-state index in [0.717, 1.165) is 18.4 Å². The monoisotopic (exact) mass is 261 g/mol. The Kier molecular flexibility index (Phi) is 3.85. The van der Waals surface area contributed by atoms with Crippen molar-refractivity contribution in [1.82, 2.24) is 10.6 Å². The number of aryl methyl sites for hydroxylation is 1. The number of hydrogen-bond donors (Lipinski definition) is 3. The highest BCUT2D eigenvalue weighted by atomic mass is 16.2. The van der Waals surface area contributed by atoms with Crippen LogP contribution < -0.4 is 16.4 Å². The minimum Gasteiger partial charge on any atom is -0.353 e. The van der Waals surface area contributed by atoms with Crippen molar-refractivity contribution in [2.75, 3.05) is 13.1 Å². The minimum absolute atomic E-state index is 0.128. The first-order valence-corrected chi connectivity index (χ1v) is 6.43. The molecule has 5 heteroatoms. The Hall–Kier alpha value is -1.88. The molecule has 0 aliphatic heterocycles. The quantitative estimate of drug-likeness (QED) is 0.668. The number of carbonyl (C=O) groups is 2. The van der Waals surface area contributed by atoms with Gasteiger partial charge in [-0.05, 0) is 31.9 Å². The summed E-state index contributed by atoms with van der Waals surface area (Å²) in [4.78, 5) is 23.3. The van der Waals surface area contributed by atoms with Crippen LogP contribution in [0.25, 0.3) is 0 Å². The zero-order valence-corrected chi connectivity index (χ0v) is 11.0. The van der Waals surface area contributed by atoms with Crippen LogP contribution in [0.15, 0.2) is 24.3 Å². The molecule has 0 aromatic heterocycles. The molecule has 4 N–H and O–H groups in total. The fourth-order valence-corrected chi connectivity index (χ4v) is 1.70. The Morgan fingerprint density at radius 3 is 2.32 bits per heavy atom. The lowest BCUT2D eigenvalue weighted by Crippen LogP contribution is -2.45. The van der Waals surface area contributed by atoms with Crippen molar-refractivity contribution in [2.45, 2.75) is 25.3 Å². The highest BCUT2D eigenvalue weighted by Gasteiger charge is 2.45. The van der Waals surface area contributed by atoms with Gasteiger partial charge in [-0.15, -0.1) is 0 Å². The molecular weight excluding hydrogens is 242 g/mol. The SMILES string of the molecule is Cc1ccc(C(=O)NCCNC(=O)C2(N)CC2)cc1. The molecular formula is C14H19N3O2. The van der Waals surface area contributed by atoms with Crippen molar-refractivity contribution in [3.63, 3.8) is 0 Å². The smallest absolute Gasteiger partial charge is 0.251 e. The minimum atomic E-state index is -0.652. The van der Waals surface area contributed by atoms with Gasteiger partial charge in [0.25, 0.3) is 5.91 Å². The number of nitrogens with one attached hydrogen (secondary N) is 2. The molecule has 1 aromatic rings. The van der Waals surface area contributed by atoms with Gasteiger partial charge in [0.2, 0.25) is 5.91 Å². The molecule has 1 aromatic carbocycles. The molecule has 19 heavy (non-hydrogen) atoms. The van der Waals surface area contributed by atoms with Gasteiger partial charge in [0.05, 0.1) is 5.54 Å². The topological polar surface area (TPSA) is 84.2 Å². The van der Waals surface area contributed by atoms with E-state index < -0.39 is 5.54 Å². The summed E-state index contributed by atoms with van der Waals surface area (Å²) < 4.78 is 0. The molecule has 102 valence electrons. The van der Waals surface area contributed by atoms with Crippen LogP contribution in [0.4, 0.5) is 0 Å². The molecule has 1 aliphatic carbocycles. The third-order valence-corrected chi connectivity index (χ3v) is 3.25. The molecule has 1 fully saturated rings. The van der Waals surface area contributed by atoms with Crippen LogP contribution in [0.2, 0.25) is 0 Å². The van der Waals surface area contributed by atoms with E-state index in [1.165, 1.54) is 0 Å². The Balaban J connectivity index is 1.69. The number of carbonyl (C=O) groups excluding carboxylic acids is 2. The van der Waals surface area contributed by atoms with E-state index in [1.54, 1.807) is 12.1 Å². The van der Waals surface area contributed by atoms with Gasteiger partial charge < -0.3 is 16.4 Å². The van der Waals surface area contributed by atoms with Gasteiger partial charge in [-0.25, -0.2) is 0 Å². The Morgan fingerprint density at radius 1 is 1.16 bits per heavy atom. The zero-order valence-electron chi connectivity index (χ0n) is 11.0. The van der Waals surface area contributed by atoms with Crippen molar-refractivity contribution in [3.8, 4) is 0 Å². The number of amides is 2. The standard InChI is InChI=1S/C14H19N3O2/c1-10-2-4-11(5-3-10)12(18)16-8-9-17-13(19)14(15)6-7-14/h2-5H,6-9,15H2,1H3,(H,16,18)(H,17,19). The van der Waals surface area contributed by atoms with Gasteiger partial charge in [0.1, 0.15) is 0 Å². The fraction of sp³-hybridized carbons (Fsp3) is 0.429. The summed E-state index contributed by atoms with van der Waals surface area (Å²) in [5.74, 6) is -0.264. The number of rotatable bonds is 5. The maximum absolute atomic E-state index is 11.8. The second-order valence-corrected chi connectivity index (χ2v) is 5.03. The molecule has 1 aliphatic rings. The van der Waals surface area contributed by atoms with Gasteiger partial charge in [0, 0.05) is 18.7 Å². The van der Waals surface area contributed by atoms with Crippen LogP contribution in [-0.4, -0.2) is 30.4 Å². The molecule has 1 saturated carbocycles. The summed E-state index contributed by atoms with van der Waals surface area (Å²) >= 11 is 0. The van der Waals surface area contributed by atoms with E-state index in [9.17, 15) is 9.59 Å². The van der Waals surface area contributed by atoms with Crippen molar-refractivity contribution >= 4 is 11.8 Å². The summed E-state index contributed by atoms with van der Waals surface area (Å²) in [6.45, 7) is 2.77. The third-order valence-electron chi connectivity index (χ3n) is 3.25. The highest BCUT2D eigenvalue weighted by Crippen LogP contribution is 2.31. The number of hydrogen-bond acceptors (Lipinski definition) is 3. The van der Waals surface area contributed by atoms with Crippen molar-refractivity contribution in [3.05, 3.63) is 35.4 Å². The summed E-state index contributed by atoms with van der Waals surface area (Å²) in [6, 6.07) is 7.34. The third kappa shape index (κ3) is 3.54. The van der Waals surface area contributed by atoms with E-state index in [2.05, 4.69) is 10.6 Å². The molecule has 0 bridgehead atoms. The molecule has 0 spiro atoms. The van der Waals surface area contributed by atoms with E-state index in [4.69, 9.17) is 5.73 Å². The molecule has 0 radical (unpaired) electrons. The molecule has 2 amide bonds. The second-order valence-electron chi connectivity index (χ2n) is 5.03. The molecule has 5 nitrogen and oxygen atoms in total. The molecule has 0 unspecified atom stereocenters. The predicted molar refractivity (Wildman–Crippen MR) is 72.7 cm³/mol. The maximum Gasteiger partial charge on any atom is 0.251 e. The van der Waals surface area contributed by atoms with E-state index >= 15 is 0 Å². The number of nitrogens with two attached hydrogens (primary N) is 1. The second kappa shape index (κ2) is 5.40. The summed E-state index contributed by atoms with van der Waals surface area (Å²) in [5, 5.41) is 5.47. The number of benzene rings is 1. The summed E-state index contributed by atoms with van der Waals surface area (Å²) in [5.41, 5.74) is 6.82. The molecule has 2 rings (SSSR count). The molecule has 0 atom stereocenters. The lowest BCUT2D eigenvalue weighted by atomic mass is 10.1. The van der Waals surface area contributed by atoms with Gasteiger partial charge in [-0.2, -0.15) is 0 Å².